The lowest BCUT2D eigenvalue weighted by atomic mass is 10.1. The molecule has 11 heteroatoms. The van der Waals surface area contributed by atoms with Crippen LogP contribution in [0.3, 0.4) is 0 Å². The van der Waals surface area contributed by atoms with Gasteiger partial charge in [-0.05, 0) is 43.5 Å². The number of phenolic OH excluding ortho intramolecular Hbond substituents is 1. The number of nitrogen functional groups attached to an aromatic ring is 1. The molecule has 11 nitrogen and oxygen atoms in total. The van der Waals surface area contributed by atoms with E-state index >= 15 is 0 Å². The SMILES string of the molecule is C[C@H]1CCN(c2cc(-c3ccccc3O)nnc2N)CCN1c1ccnc(C#CCn2cncn2)c1C#N. The number of nitrogens with zero attached hydrogens (tertiary/aromatic N) is 9. The summed E-state index contributed by atoms with van der Waals surface area (Å²) in [5.74, 6) is 6.50. The third-order valence-electron chi connectivity index (χ3n) is 6.55. The zero-order chi connectivity index (χ0) is 26.5. The van der Waals surface area contributed by atoms with Gasteiger partial charge in [-0.2, -0.15) is 10.4 Å². The highest BCUT2D eigenvalue weighted by molar-refractivity contribution is 5.74. The molecule has 1 fully saturated rings. The zero-order valence-electron chi connectivity index (χ0n) is 20.9. The van der Waals surface area contributed by atoms with Gasteiger partial charge in [-0.3, -0.25) is 0 Å². The number of nitriles is 1. The first-order valence-corrected chi connectivity index (χ1v) is 12.2. The van der Waals surface area contributed by atoms with Crippen LogP contribution < -0.4 is 15.5 Å². The van der Waals surface area contributed by atoms with Crippen molar-refractivity contribution in [3.05, 3.63) is 66.5 Å². The number of hydrogen-bond donors (Lipinski definition) is 2. The van der Waals surface area contributed by atoms with Gasteiger partial charge in [0.25, 0.3) is 0 Å². The number of hydrogen-bond acceptors (Lipinski definition) is 10. The van der Waals surface area contributed by atoms with E-state index in [2.05, 4.69) is 59.9 Å². The molecule has 3 N–H and O–H groups in total. The minimum absolute atomic E-state index is 0.134. The van der Waals surface area contributed by atoms with Gasteiger partial charge in [-0.25, -0.2) is 14.6 Å². The summed E-state index contributed by atoms with van der Waals surface area (Å²) in [5, 5.41) is 32.7. The molecule has 0 aliphatic carbocycles. The number of aromatic hydroxyl groups is 1. The number of benzene rings is 1. The molecule has 0 radical (unpaired) electrons. The molecule has 3 aromatic heterocycles. The van der Waals surface area contributed by atoms with Gasteiger partial charge in [0.05, 0.1) is 17.1 Å². The highest BCUT2D eigenvalue weighted by Gasteiger charge is 2.26. The number of anilines is 3. The molecule has 38 heavy (non-hydrogen) atoms. The second-order valence-corrected chi connectivity index (χ2v) is 8.90. The second-order valence-electron chi connectivity index (χ2n) is 8.90. The van der Waals surface area contributed by atoms with Crippen LogP contribution in [-0.4, -0.2) is 60.7 Å². The molecule has 0 unspecified atom stereocenters. The lowest BCUT2D eigenvalue weighted by molar-refractivity contribution is 0.477. The fraction of sp³-hybridized carbons (Fsp3) is 0.259. The zero-order valence-corrected chi connectivity index (χ0v) is 20.9. The second kappa shape index (κ2) is 10.8. The van der Waals surface area contributed by atoms with E-state index < -0.39 is 0 Å². The van der Waals surface area contributed by atoms with Crippen molar-refractivity contribution < 1.29 is 5.11 Å². The molecule has 1 aromatic carbocycles. The van der Waals surface area contributed by atoms with Crippen molar-refractivity contribution >= 4 is 17.2 Å². The highest BCUT2D eigenvalue weighted by atomic mass is 16.3. The number of para-hydroxylation sites is 1. The molecular formula is C27H26N10O. The monoisotopic (exact) mass is 506 g/mol. The van der Waals surface area contributed by atoms with Crippen LogP contribution >= 0.6 is 0 Å². The van der Waals surface area contributed by atoms with Crippen molar-refractivity contribution in [1.29, 1.82) is 5.26 Å². The van der Waals surface area contributed by atoms with Crippen LogP contribution in [0.15, 0.2) is 55.2 Å². The summed E-state index contributed by atoms with van der Waals surface area (Å²) in [6.07, 6.45) is 5.56. The van der Waals surface area contributed by atoms with Crippen LogP contribution in [0.4, 0.5) is 17.2 Å². The average molecular weight is 507 g/mol. The van der Waals surface area contributed by atoms with E-state index in [-0.39, 0.29) is 11.8 Å². The highest BCUT2D eigenvalue weighted by Crippen LogP contribution is 2.33. The number of nitrogens with two attached hydrogens (primary N) is 1. The normalized spacial score (nSPS) is 15.3. The maximum atomic E-state index is 10.3. The van der Waals surface area contributed by atoms with Crippen molar-refractivity contribution in [1.82, 2.24) is 29.9 Å². The summed E-state index contributed by atoms with van der Waals surface area (Å²) >= 11 is 0. The topological polar surface area (TPSA) is 146 Å². The van der Waals surface area contributed by atoms with Gasteiger partial charge in [-0.1, -0.05) is 18.1 Å². The minimum atomic E-state index is 0.134. The Balaban J connectivity index is 1.39. The van der Waals surface area contributed by atoms with Crippen molar-refractivity contribution in [3.8, 4) is 34.9 Å². The first kappa shape index (κ1) is 24.5. The fourth-order valence-electron chi connectivity index (χ4n) is 4.54. The predicted octanol–water partition coefficient (Wildman–Crippen LogP) is 2.45. The first-order chi connectivity index (χ1) is 18.5. The Labute approximate surface area is 220 Å². The molecule has 1 aliphatic rings. The molecule has 0 saturated carbocycles. The molecule has 1 aliphatic heterocycles. The van der Waals surface area contributed by atoms with Gasteiger partial charge < -0.3 is 20.6 Å². The summed E-state index contributed by atoms with van der Waals surface area (Å²) in [5.41, 5.74) is 9.85. The quantitative estimate of drug-likeness (QED) is 0.396. The number of pyridine rings is 1. The van der Waals surface area contributed by atoms with E-state index in [1.54, 1.807) is 35.4 Å². The molecule has 5 rings (SSSR count). The van der Waals surface area contributed by atoms with E-state index in [1.807, 2.05) is 18.2 Å². The summed E-state index contributed by atoms with van der Waals surface area (Å²) in [4.78, 5) is 12.7. The Hall–Kier alpha value is -5.16. The third-order valence-corrected chi connectivity index (χ3v) is 6.55. The Kier molecular flexibility index (Phi) is 7.00. The number of rotatable bonds is 4. The van der Waals surface area contributed by atoms with Crippen LogP contribution in [0.2, 0.25) is 0 Å². The Bertz CT molecular complexity index is 1530. The Morgan fingerprint density at radius 2 is 2.00 bits per heavy atom. The number of aromatic nitrogens is 6. The minimum Gasteiger partial charge on any atom is -0.507 e. The molecule has 4 aromatic rings. The molecule has 1 saturated heterocycles. The van der Waals surface area contributed by atoms with Gasteiger partial charge in [0.2, 0.25) is 0 Å². The van der Waals surface area contributed by atoms with Crippen LogP contribution in [-0.2, 0) is 6.54 Å². The molecule has 0 bridgehead atoms. The molecule has 4 heterocycles. The summed E-state index contributed by atoms with van der Waals surface area (Å²) in [6.45, 7) is 4.55. The first-order valence-electron chi connectivity index (χ1n) is 12.2. The maximum absolute atomic E-state index is 10.3. The smallest absolute Gasteiger partial charge is 0.169 e. The average Bonchev–Trinajstić information content (AvgIpc) is 3.37. The largest absolute Gasteiger partial charge is 0.507 e. The summed E-state index contributed by atoms with van der Waals surface area (Å²) in [6, 6.07) is 13.2. The molecular weight excluding hydrogens is 480 g/mol. The molecule has 0 spiro atoms. The number of phenols is 1. The van der Waals surface area contributed by atoms with Crippen molar-refractivity contribution in [2.24, 2.45) is 0 Å². The van der Waals surface area contributed by atoms with Crippen molar-refractivity contribution in [2.75, 3.05) is 35.2 Å². The maximum Gasteiger partial charge on any atom is 0.169 e. The van der Waals surface area contributed by atoms with E-state index in [1.165, 1.54) is 6.33 Å². The fourth-order valence-corrected chi connectivity index (χ4v) is 4.54. The van der Waals surface area contributed by atoms with Crippen molar-refractivity contribution in [2.45, 2.75) is 25.9 Å². The lowest BCUT2D eigenvalue weighted by Crippen LogP contribution is -2.35. The van der Waals surface area contributed by atoms with Crippen molar-refractivity contribution in [3.63, 3.8) is 0 Å². The van der Waals surface area contributed by atoms with Crippen LogP contribution in [0.5, 0.6) is 5.75 Å². The molecule has 190 valence electrons. The van der Waals surface area contributed by atoms with Gasteiger partial charge in [-0.15, -0.1) is 10.2 Å². The molecule has 1 atom stereocenters. The summed E-state index contributed by atoms with van der Waals surface area (Å²) in [7, 11) is 0. The van der Waals surface area contributed by atoms with Gasteiger partial charge in [0.15, 0.2) is 5.82 Å². The van der Waals surface area contributed by atoms with Crippen LogP contribution in [0.1, 0.15) is 24.6 Å². The van der Waals surface area contributed by atoms with Gasteiger partial charge in [0.1, 0.15) is 42.3 Å². The molecule has 0 amide bonds. The Morgan fingerprint density at radius 3 is 2.79 bits per heavy atom. The summed E-state index contributed by atoms with van der Waals surface area (Å²) < 4.78 is 1.61. The lowest BCUT2D eigenvalue weighted by Gasteiger charge is -2.30. The van der Waals surface area contributed by atoms with E-state index in [0.29, 0.717) is 48.0 Å². The van der Waals surface area contributed by atoms with Crippen LogP contribution in [0.25, 0.3) is 11.3 Å². The van der Waals surface area contributed by atoms with E-state index in [9.17, 15) is 10.4 Å². The van der Waals surface area contributed by atoms with Gasteiger partial charge in [0, 0.05) is 37.4 Å². The van der Waals surface area contributed by atoms with E-state index in [4.69, 9.17) is 5.73 Å². The van der Waals surface area contributed by atoms with E-state index in [0.717, 1.165) is 24.3 Å². The third kappa shape index (κ3) is 5.04. The predicted molar refractivity (Wildman–Crippen MR) is 143 cm³/mol. The standard InChI is InChI=1S/C27H26N10O/c1-19-9-12-35(25-15-23(33-34-27(25)29)20-5-2-3-7-26(20)38)13-14-37(19)24-8-10-31-22(21(24)16-28)6-4-11-36-18-30-17-32-36/h2-3,5,7-8,10,15,17-19,38H,9,11-14H2,1H3,(H2,29,34)/t19-/m0/s1. The van der Waals surface area contributed by atoms with Crippen LogP contribution in [0, 0.1) is 23.2 Å². The van der Waals surface area contributed by atoms with Gasteiger partial charge >= 0.3 is 0 Å². The Morgan fingerprint density at radius 1 is 1.13 bits per heavy atom.